The maximum absolute atomic E-state index is 12.7. The minimum absolute atomic E-state index is 0.0282. The van der Waals surface area contributed by atoms with Gasteiger partial charge in [0.2, 0.25) is 0 Å². The minimum Gasteiger partial charge on any atom is -0.462 e. The maximum atomic E-state index is 12.7. The highest BCUT2D eigenvalue weighted by Crippen LogP contribution is 2.43. The summed E-state index contributed by atoms with van der Waals surface area (Å²) in [4.78, 5) is 35.3. The number of hydrogen-bond donors (Lipinski definition) is 2. The maximum Gasteiger partial charge on any atom is 0.472 e. The summed E-state index contributed by atoms with van der Waals surface area (Å²) >= 11 is 4.26. The number of quaternary nitrogens is 1. The molecule has 2 atom stereocenters. The number of carbonyl (C=O) groups is 2. The van der Waals surface area contributed by atoms with Gasteiger partial charge in [0.1, 0.15) is 19.8 Å². The molecular weight excluding hydrogens is 722 g/mol. The first-order chi connectivity index (χ1) is 26.0. The standard InChI is InChI=1S/C43H82NO8PS/c1-5-6-7-8-9-10-11-12-16-20-23-26-29-32-35-43(46)52-41(40-51-53(47,48)50-37-36-44(2,3)4)39-49-42(45)34-31-28-25-22-19-17-14-13-15-18-21-24-27-30-33-38-54/h11-14,41H,5-10,15-40H2,1-4H3,(H-,47,48,54)/p+1/b12-11-,14-13-/t41-/m1/s1. The van der Waals surface area contributed by atoms with Crippen molar-refractivity contribution in [3.8, 4) is 0 Å². The fraction of sp³-hybridized carbons (Fsp3) is 0.860. The molecule has 0 aromatic carbocycles. The Morgan fingerprint density at radius 1 is 0.611 bits per heavy atom. The molecule has 318 valence electrons. The second kappa shape index (κ2) is 37.4. The van der Waals surface area contributed by atoms with E-state index in [0.717, 1.165) is 76.4 Å². The molecule has 54 heavy (non-hydrogen) atoms. The van der Waals surface area contributed by atoms with Gasteiger partial charge in [0, 0.05) is 12.8 Å². The minimum atomic E-state index is -4.38. The zero-order valence-electron chi connectivity index (χ0n) is 35.2. The molecule has 0 aromatic rings. The number of esters is 2. The summed E-state index contributed by atoms with van der Waals surface area (Å²) in [6, 6.07) is 0. The van der Waals surface area contributed by atoms with Gasteiger partial charge >= 0.3 is 19.8 Å². The summed E-state index contributed by atoms with van der Waals surface area (Å²) < 4.78 is 34.3. The molecule has 0 fully saturated rings. The Kier molecular flexibility index (Phi) is 36.6. The van der Waals surface area contributed by atoms with E-state index in [-0.39, 0.29) is 32.0 Å². The zero-order chi connectivity index (χ0) is 40.0. The average molecular weight is 805 g/mol. The molecule has 0 aliphatic carbocycles. The zero-order valence-corrected chi connectivity index (χ0v) is 36.9. The van der Waals surface area contributed by atoms with Crippen LogP contribution in [0.15, 0.2) is 24.3 Å². The fourth-order valence-corrected chi connectivity index (χ4v) is 6.77. The van der Waals surface area contributed by atoms with Crippen molar-refractivity contribution in [3.63, 3.8) is 0 Å². The highest BCUT2D eigenvalue weighted by molar-refractivity contribution is 7.80. The highest BCUT2D eigenvalue weighted by Gasteiger charge is 2.27. The van der Waals surface area contributed by atoms with Gasteiger partial charge in [0.05, 0.1) is 27.7 Å². The largest absolute Gasteiger partial charge is 0.472 e. The second-order valence-electron chi connectivity index (χ2n) is 15.8. The van der Waals surface area contributed by atoms with Crippen LogP contribution in [0.5, 0.6) is 0 Å². The van der Waals surface area contributed by atoms with Crippen LogP contribution in [-0.2, 0) is 32.7 Å². The molecular formula is C43H83NO8PS+. The average Bonchev–Trinajstić information content (AvgIpc) is 3.12. The molecule has 1 unspecified atom stereocenters. The Morgan fingerprint density at radius 2 is 1.04 bits per heavy atom. The number of nitrogens with zero attached hydrogens (tertiary/aromatic N) is 1. The number of allylic oxidation sites excluding steroid dienone is 4. The summed E-state index contributed by atoms with van der Waals surface area (Å²) in [5.41, 5.74) is 0. The number of unbranched alkanes of at least 4 members (excludes halogenated alkanes) is 21. The third kappa shape index (κ3) is 40.5. The predicted molar refractivity (Wildman–Crippen MR) is 228 cm³/mol. The fourth-order valence-electron chi connectivity index (χ4n) is 5.81. The molecule has 0 saturated carbocycles. The topological polar surface area (TPSA) is 108 Å². The normalized spacial score (nSPS) is 13.8. The second-order valence-corrected chi connectivity index (χ2v) is 17.7. The predicted octanol–water partition coefficient (Wildman–Crippen LogP) is 11.9. The van der Waals surface area contributed by atoms with Crippen molar-refractivity contribution in [2.75, 3.05) is 53.3 Å². The van der Waals surface area contributed by atoms with Gasteiger partial charge in [-0.2, -0.15) is 12.6 Å². The summed E-state index contributed by atoms with van der Waals surface area (Å²) in [5, 5.41) is 0. The van der Waals surface area contributed by atoms with Gasteiger partial charge in [0.25, 0.3) is 0 Å². The van der Waals surface area contributed by atoms with E-state index in [0.29, 0.717) is 17.4 Å². The van der Waals surface area contributed by atoms with E-state index < -0.39 is 26.5 Å². The Bertz CT molecular complexity index is 987. The molecule has 0 aromatic heterocycles. The quantitative estimate of drug-likeness (QED) is 0.0157. The van der Waals surface area contributed by atoms with Gasteiger partial charge in [-0.3, -0.25) is 18.6 Å². The number of thiol groups is 1. The molecule has 1 N–H and O–H groups in total. The van der Waals surface area contributed by atoms with Crippen molar-refractivity contribution in [1.29, 1.82) is 0 Å². The molecule has 0 amide bonds. The van der Waals surface area contributed by atoms with Crippen molar-refractivity contribution in [2.45, 2.75) is 186 Å². The first-order valence-electron chi connectivity index (χ1n) is 21.7. The number of phosphoric ester groups is 1. The van der Waals surface area contributed by atoms with Crippen molar-refractivity contribution in [2.24, 2.45) is 0 Å². The molecule has 0 heterocycles. The smallest absolute Gasteiger partial charge is 0.462 e. The Hall–Kier alpha value is -1.16. The van der Waals surface area contributed by atoms with Crippen molar-refractivity contribution in [1.82, 2.24) is 0 Å². The number of rotatable bonds is 40. The van der Waals surface area contributed by atoms with E-state index >= 15 is 0 Å². The van der Waals surface area contributed by atoms with Gasteiger partial charge < -0.3 is 18.9 Å². The van der Waals surface area contributed by atoms with Gasteiger partial charge in [-0.15, -0.1) is 0 Å². The first-order valence-corrected chi connectivity index (χ1v) is 23.8. The summed E-state index contributed by atoms with van der Waals surface area (Å²) in [6.45, 7) is 2.13. The van der Waals surface area contributed by atoms with E-state index in [1.54, 1.807) is 0 Å². The van der Waals surface area contributed by atoms with Crippen LogP contribution in [0.4, 0.5) is 0 Å². The Balaban J connectivity index is 4.37. The molecule has 0 aliphatic heterocycles. The van der Waals surface area contributed by atoms with Crippen LogP contribution in [-0.4, -0.2) is 80.7 Å². The van der Waals surface area contributed by atoms with Gasteiger partial charge in [0.15, 0.2) is 6.10 Å². The molecule has 9 nitrogen and oxygen atoms in total. The van der Waals surface area contributed by atoms with Crippen molar-refractivity contribution in [3.05, 3.63) is 24.3 Å². The van der Waals surface area contributed by atoms with E-state index in [1.807, 2.05) is 21.1 Å². The summed E-state index contributed by atoms with van der Waals surface area (Å²) in [7, 11) is 1.46. The molecule has 11 heteroatoms. The molecule has 0 radical (unpaired) electrons. The first kappa shape index (κ1) is 52.8. The monoisotopic (exact) mass is 805 g/mol. The van der Waals surface area contributed by atoms with Crippen LogP contribution in [0, 0.1) is 0 Å². The molecule has 0 bridgehead atoms. The van der Waals surface area contributed by atoms with Crippen LogP contribution in [0.25, 0.3) is 0 Å². The number of carbonyl (C=O) groups excluding carboxylic acids is 2. The number of likely N-dealkylation sites (N-methyl/N-ethyl adjacent to an activating group) is 1. The molecule has 0 saturated heterocycles. The third-order valence-corrected chi connectivity index (χ3v) is 10.6. The number of phosphoric acid groups is 1. The van der Waals surface area contributed by atoms with E-state index in [9.17, 15) is 19.0 Å². The van der Waals surface area contributed by atoms with Gasteiger partial charge in [-0.05, 0) is 76.4 Å². The van der Waals surface area contributed by atoms with Crippen LogP contribution in [0.3, 0.4) is 0 Å². The van der Waals surface area contributed by atoms with E-state index in [4.69, 9.17) is 18.5 Å². The van der Waals surface area contributed by atoms with Crippen LogP contribution in [0.2, 0.25) is 0 Å². The van der Waals surface area contributed by atoms with Crippen molar-refractivity contribution >= 4 is 32.4 Å². The highest BCUT2D eigenvalue weighted by atomic mass is 32.1. The lowest BCUT2D eigenvalue weighted by atomic mass is 10.1. The van der Waals surface area contributed by atoms with Crippen LogP contribution in [0.1, 0.15) is 180 Å². The number of hydrogen-bond acceptors (Lipinski definition) is 8. The summed E-state index contributed by atoms with van der Waals surface area (Å²) in [6.07, 6.45) is 37.6. The van der Waals surface area contributed by atoms with Crippen molar-refractivity contribution < 1.29 is 42.1 Å². The number of ether oxygens (including phenoxy) is 2. The summed E-state index contributed by atoms with van der Waals surface area (Å²) in [5.74, 6) is 0.179. The van der Waals surface area contributed by atoms with Crippen LogP contribution < -0.4 is 0 Å². The lowest BCUT2D eigenvalue weighted by molar-refractivity contribution is -0.870. The SMILES string of the molecule is CCCCCCC/C=C\CCCCCCCC(=O)O[C@H](COC(=O)CCCCCCC/C=C\CCCCCCCCS)COP(=O)(O)OCC[N+](C)(C)C. The molecule has 0 spiro atoms. The van der Waals surface area contributed by atoms with Crippen LogP contribution >= 0.6 is 20.5 Å². The molecule has 0 rings (SSSR count). The molecule has 0 aliphatic rings. The lowest BCUT2D eigenvalue weighted by Crippen LogP contribution is -2.37. The Morgan fingerprint density at radius 3 is 1.50 bits per heavy atom. The third-order valence-electron chi connectivity index (χ3n) is 9.26. The lowest BCUT2D eigenvalue weighted by Gasteiger charge is -2.24. The van der Waals surface area contributed by atoms with Gasteiger partial charge in [-0.1, -0.05) is 121 Å². The van der Waals surface area contributed by atoms with E-state index in [2.05, 4.69) is 43.9 Å². The van der Waals surface area contributed by atoms with Gasteiger partial charge in [-0.25, -0.2) is 4.57 Å². The van der Waals surface area contributed by atoms with E-state index in [1.165, 1.54) is 83.5 Å². The Labute approximate surface area is 337 Å².